The van der Waals surface area contributed by atoms with Gasteiger partial charge in [-0.25, -0.2) is 4.98 Å². The Bertz CT molecular complexity index is 1050. The first-order chi connectivity index (χ1) is 16.4. The van der Waals surface area contributed by atoms with E-state index in [1.807, 2.05) is 19.9 Å². The van der Waals surface area contributed by atoms with Gasteiger partial charge in [0.25, 0.3) is 11.8 Å². The highest BCUT2D eigenvalue weighted by molar-refractivity contribution is 6.38. The van der Waals surface area contributed by atoms with Gasteiger partial charge in [0.2, 0.25) is 17.6 Å². The van der Waals surface area contributed by atoms with Crippen molar-refractivity contribution in [3.05, 3.63) is 59.8 Å². The molecule has 2 atom stereocenters. The molecule has 0 saturated heterocycles. The van der Waals surface area contributed by atoms with Crippen LogP contribution in [0.2, 0.25) is 0 Å². The Morgan fingerprint density at radius 1 is 0.943 bits per heavy atom. The molecular weight excluding hydrogens is 448 g/mol. The molecule has 0 spiro atoms. The highest BCUT2D eigenvalue weighted by Crippen LogP contribution is 2.14. The zero-order valence-electron chi connectivity index (χ0n) is 20.8. The minimum atomic E-state index is -1.13. The Morgan fingerprint density at radius 2 is 1.60 bits per heavy atom. The molecule has 9 heteroatoms. The lowest BCUT2D eigenvalue weighted by Crippen LogP contribution is -2.56. The molecule has 0 saturated carbocycles. The van der Waals surface area contributed by atoms with E-state index in [0.717, 1.165) is 5.56 Å². The molecule has 4 N–H and O–H groups in total. The molecule has 1 heterocycles. The van der Waals surface area contributed by atoms with Gasteiger partial charge in [-0.05, 0) is 50.8 Å². The number of benzene rings is 1. The second kappa shape index (κ2) is 12.1. The van der Waals surface area contributed by atoms with Gasteiger partial charge in [-0.15, -0.1) is 0 Å². The lowest BCUT2D eigenvalue weighted by molar-refractivity contribution is -0.141. The van der Waals surface area contributed by atoms with E-state index < -0.39 is 47.0 Å². The van der Waals surface area contributed by atoms with E-state index in [1.165, 1.54) is 18.3 Å². The Hall–Kier alpha value is -3.75. The molecule has 2 unspecified atom stereocenters. The first kappa shape index (κ1) is 27.5. The number of nitrogens with one attached hydrogen (secondary N) is 3. The number of amides is 3. The summed E-state index contributed by atoms with van der Waals surface area (Å²) in [7, 11) is 0. The summed E-state index contributed by atoms with van der Waals surface area (Å²) in [6.45, 7) is 9.04. The fourth-order valence-electron chi connectivity index (χ4n) is 3.40. The molecule has 0 aliphatic heterocycles. The third kappa shape index (κ3) is 8.84. The van der Waals surface area contributed by atoms with Crippen molar-refractivity contribution < 1.29 is 24.3 Å². The SMILES string of the molecule is CC(C)CC(NC(=O)c1cccnc1O)C(=O)NC(Cc1ccccc1)C(=O)C(=O)NC(C)(C)C. The first-order valence-corrected chi connectivity index (χ1v) is 11.5. The van der Waals surface area contributed by atoms with E-state index in [2.05, 4.69) is 20.9 Å². The number of hydrogen-bond donors (Lipinski definition) is 4. The molecule has 0 aliphatic rings. The monoisotopic (exact) mass is 482 g/mol. The molecule has 0 fully saturated rings. The lowest BCUT2D eigenvalue weighted by atomic mass is 9.98. The number of nitrogens with zero attached hydrogens (tertiary/aromatic N) is 1. The number of pyridine rings is 1. The number of rotatable bonds is 10. The lowest BCUT2D eigenvalue weighted by Gasteiger charge is -2.25. The molecular formula is C26H34N4O5. The highest BCUT2D eigenvalue weighted by Gasteiger charge is 2.32. The maximum absolute atomic E-state index is 13.3. The van der Waals surface area contributed by atoms with Crippen molar-refractivity contribution in [1.82, 2.24) is 20.9 Å². The normalized spacial score (nSPS) is 13.0. The summed E-state index contributed by atoms with van der Waals surface area (Å²) in [5, 5.41) is 17.8. The highest BCUT2D eigenvalue weighted by atomic mass is 16.3. The third-order valence-corrected chi connectivity index (χ3v) is 4.99. The molecule has 35 heavy (non-hydrogen) atoms. The number of ketones is 1. The number of aromatic nitrogens is 1. The molecule has 9 nitrogen and oxygen atoms in total. The van der Waals surface area contributed by atoms with Gasteiger partial charge in [0.05, 0.1) is 0 Å². The summed E-state index contributed by atoms with van der Waals surface area (Å²) < 4.78 is 0. The number of aromatic hydroxyl groups is 1. The van der Waals surface area contributed by atoms with Crippen LogP contribution in [0.25, 0.3) is 0 Å². The van der Waals surface area contributed by atoms with Crippen LogP contribution in [-0.2, 0) is 20.8 Å². The van der Waals surface area contributed by atoms with Crippen molar-refractivity contribution in [3.8, 4) is 5.88 Å². The van der Waals surface area contributed by atoms with Gasteiger partial charge in [0, 0.05) is 18.2 Å². The van der Waals surface area contributed by atoms with E-state index in [0.29, 0.717) is 0 Å². The summed E-state index contributed by atoms with van der Waals surface area (Å²) in [6.07, 6.45) is 1.72. The van der Waals surface area contributed by atoms with Crippen LogP contribution < -0.4 is 16.0 Å². The van der Waals surface area contributed by atoms with Crippen LogP contribution in [0.4, 0.5) is 0 Å². The number of carbonyl (C=O) groups excluding carboxylic acids is 4. The zero-order chi connectivity index (χ0) is 26.2. The fourth-order valence-corrected chi connectivity index (χ4v) is 3.40. The van der Waals surface area contributed by atoms with E-state index in [4.69, 9.17) is 0 Å². The standard InChI is InChI=1S/C26H34N4O5/c1-16(2)14-20(29-23(33)18-12-9-13-27-22(18)32)24(34)28-19(15-17-10-7-6-8-11-17)21(31)25(35)30-26(3,4)5/h6-13,16,19-20H,14-15H2,1-5H3,(H,27,32)(H,28,34)(H,29,33)(H,30,35). The number of carbonyl (C=O) groups is 4. The zero-order valence-corrected chi connectivity index (χ0v) is 20.8. The molecule has 1 aromatic heterocycles. The van der Waals surface area contributed by atoms with E-state index >= 15 is 0 Å². The van der Waals surface area contributed by atoms with Crippen LogP contribution in [0, 0.1) is 5.92 Å². The number of Topliss-reactive ketones (excluding diaryl/α,β-unsaturated/α-hetero) is 1. The average molecular weight is 483 g/mol. The van der Waals surface area contributed by atoms with Gasteiger partial charge in [-0.2, -0.15) is 0 Å². The summed E-state index contributed by atoms with van der Waals surface area (Å²) >= 11 is 0. The molecule has 3 amide bonds. The van der Waals surface area contributed by atoms with Gasteiger partial charge in [-0.1, -0.05) is 44.2 Å². The molecule has 2 aromatic rings. The van der Waals surface area contributed by atoms with Gasteiger partial charge in [0.1, 0.15) is 17.6 Å². The van der Waals surface area contributed by atoms with Gasteiger partial charge < -0.3 is 21.1 Å². The van der Waals surface area contributed by atoms with Crippen molar-refractivity contribution in [3.63, 3.8) is 0 Å². The summed E-state index contributed by atoms with van der Waals surface area (Å²) in [4.78, 5) is 55.3. The minimum Gasteiger partial charge on any atom is -0.493 e. The van der Waals surface area contributed by atoms with Crippen LogP contribution in [0.1, 0.15) is 57.0 Å². The topological polar surface area (TPSA) is 137 Å². The molecule has 188 valence electrons. The molecule has 0 radical (unpaired) electrons. The molecule has 0 aliphatic carbocycles. The Morgan fingerprint density at radius 3 is 2.17 bits per heavy atom. The van der Waals surface area contributed by atoms with Crippen molar-refractivity contribution in [2.45, 2.75) is 65.1 Å². The van der Waals surface area contributed by atoms with Crippen molar-refractivity contribution >= 4 is 23.5 Å². The molecule has 1 aromatic carbocycles. The van der Waals surface area contributed by atoms with E-state index in [1.54, 1.807) is 45.0 Å². The smallest absolute Gasteiger partial charge is 0.290 e. The summed E-state index contributed by atoms with van der Waals surface area (Å²) in [5.74, 6) is -3.29. The van der Waals surface area contributed by atoms with Crippen LogP contribution >= 0.6 is 0 Å². The maximum Gasteiger partial charge on any atom is 0.290 e. The second-order valence-electron chi connectivity index (χ2n) is 9.85. The Balaban J connectivity index is 2.26. The van der Waals surface area contributed by atoms with E-state index in [9.17, 15) is 24.3 Å². The van der Waals surface area contributed by atoms with E-state index in [-0.39, 0.29) is 24.3 Å². The Kier molecular flexibility index (Phi) is 9.50. The minimum absolute atomic E-state index is 0.0287. The summed E-state index contributed by atoms with van der Waals surface area (Å²) in [6, 6.07) is 9.78. The maximum atomic E-state index is 13.3. The quantitative estimate of drug-likeness (QED) is 0.383. The predicted octanol–water partition coefficient (Wildman–Crippen LogP) is 2.14. The van der Waals surface area contributed by atoms with Gasteiger partial charge >= 0.3 is 0 Å². The van der Waals surface area contributed by atoms with Crippen molar-refractivity contribution in [2.24, 2.45) is 5.92 Å². The van der Waals surface area contributed by atoms with Gasteiger partial charge in [-0.3, -0.25) is 19.2 Å². The van der Waals surface area contributed by atoms with Crippen LogP contribution in [0.15, 0.2) is 48.7 Å². The van der Waals surface area contributed by atoms with Crippen LogP contribution in [0.5, 0.6) is 5.88 Å². The Labute approximate surface area is 205 Å². The van der Waals surface area contributed by atoms with Crippen LogP contribution in [-0.4, -0.2) is 51.2 Å². The number of hydrogen-bond acceptors (Lipinski definition) is 6. The third-order valence-electron chi connectivity index (χ3n) is 4.99. The molecule has 2 rings (SSSR count). The van der Waals surface area contributed by atoms with Crippen molar-refractivity contribution in [1.29, 1.82) is 0 Å². The van der Waals surface area contributed by atoms with Crippen molar-refractivity contribution in [2.75, 3.05) is 0 Å². The summed E-state index contributed by atoms with van der Waals surface area (Å²) in [5.41, 5.74) is 0.0587. The largest absolute Gasteiger partial charge is 0.493 e. The fraction of sp³-hybridized carbons (Fsp3) is 0.423. The van der Waals surface area contributed by atoms with Gasteiger partial charge in [0.15, 0.2) is 0 Å². The second-order valence-corrected chi connectivity index (χ2v) is 9.85. The predicted molar refractivity (Wildman–Crippen MR) is 132 cm³/mol. The average Bonchev–Trinajstić information content (AvgIpc) is 2.77. The molecule has 0 bridgehead atoms. The van der Waals surface area contributed by atoms with Crippen LogP contribution in [0.3, 0.4) is 0 Å². The first-order valence-electron chi connectivity index (χ1n) is 11.5.